The van der Waals surface area contributed by atoms with Crippen molar-refractivity contribution in [2.24, 2.45) is 5.92 Å². The van der Waals surface area contributed by atoms with Crippen molar-refractivity contribution in [1.82, 2.24) is 5.43 Å². The molecule has 0 saturated heterocycles. The van der Waals surface area contributed by atoms with Gasteiger partial charge in [-0.2, -0.15) is 13.2 Å². The Kier molecular flexibility index (Phi) is 5.76. The van der Waals surface area contributed by atoms with E-state index < -0.39 is 24.6 Å². The molecule has 3 N–H and O–H groups in total. The first-order valence-corrected chi connectivity index (χ1v) is 6.19. The molecule has 0 aromatic heterocycles. The van der Waals surface area contributed by atoms with Crippen LogP contribution in [-0.4, -0.2) is 23.8 Å². The van der Waals surface area contributed by atoms with E-state index >= 15 is 0 Å². The zero-order chi connectivity index (χ0) is 15.5. The van der Waals surface area contributed by atoms with E-state index in [0.717, 1.165) is 0 Å². The van der Waals surface area contributed by atoms with E-state index in [1.54, 1.807) is 0 Å². The van der Waals surface area contributed by atoms with Crippen LogP contribution in [0.3, 0.4) is 0 Å². The lowest BCUT2D eigenvalue weighted by atomic mass is 10.1. The third-order valence-electron chi connectivity index (χ3n) is 2.22. The molecule has 0 amide bonds. The van der Waals surface area contributed by atoms with E-state index in [1.807, 2.05) is 0 Å². The van der Waals surface area contributed by atoms with Crippen molar-refractivity contribution in [3.8, 4) is 0 Å². The molecule has 0 aliphatic carbocycles. The summed E-state index contributed by atoms with van der Waals surface area (Å²) in [6.07, 6.45) is -4.87. The zero-order valence-electron chi connectivity index (χ0n) is 9.56. The summed E-state index contributed by atoms with van der Waals surface area (Å²) in [5.41, 5.74) is 4.56. The van der Waals surface area contributed by atoms with Crippen LogP contribution in [0.2, 0.25) is 15.1 Å². The first kappa shape index (κ1) is 17.2. The van der Waals surface area contributed by atoms with Crippen molar-refractivity contribution in [3.63, 3.8) is 0 Å². The summed E-state index contributed by atoms with van der Waals surface area (Å²) in [4.78, 5) is 10.5. The number of hydrogen-bond acceptors (Lipinski definition) is 3. The topological polar surface area (TPSA) is 61.4 Å². The van der Waals surface area contributed by atoms with E-state index in [0.29, 0.717) is 0 Å². The highest BCUT2D eigenvalue weighted by atomic mass is 35.5. The maximum atomic E-state index is 12.4. The Morgan fingerprint density at radius 3 is 2.15 bits per heavy atom. The van der Waals surface area contributed by atoms with Crippen molar-refractivity contribution in [1.29, 1.82) is 0 Å². The molecule has 4 nitrogen and oxygen atoms in total. The molecule has 1 aromatic rings. The van der Waals surface area contributed by atoms with Crippen molar-refractivity contribution in [3.05, 3.63) is 27.2 Å². The first-order valence-electron chi connectivity index (χ1n) is 5.06. The number of aliphatic carboxylic acids is 1. The molecule has 10 heteroatoms. The van der Waals surface area contributed by atoms with Gasteiger partial charge in [0.25, 0.3) is 0 Å². The molecule has 0 aliphatic heterocycles. The van der Waals surface area contributed by atoms with Crippen LogP contribution in [0.5, 0.6) is 0 Å². The second kappa shape index (κ2) is 6.71. The number of carbonyl (C=O) groups is 1. The van der Waals surface area contributed by atoms with Crippen molar-refractivity contribution in [2.75, 3.05) is 12.0 Å². The van der Waals surface area contributed by atoms with Crippen LogP contribution in [-0.2, 0) is 4.79 Å². The van der Waals surface area contributed by atoms with Crippen LogP contribution in [0.4, 0.5) is 18.9 Å². The molecule has 112 valence electrons. The van der Waals surface area contributed by atoms with Gasteiger partial charge in [0.2, 0.25) is 0 Å². The summed E-state index contributed by atoms with van der Waals surface area (Å²) in [6.45, 7) is -0.895. The quantitative estimate of drug-likeness (QED) is 0.706. The van der Waals surface area contributed by atoms with Gasteiger partial charge < -0.3 is 10.5 Å². The highest BCUT2D eigenvalue weighted by Gasteiger charge is 2.44. The lowest BCUT2D eigenvalue weighted by Crippen LogP contribution is -2.41. The number of halogens is 6. The highest BCUT2D eigenvalue weighted by Crippen LogP contribution is 2.33. The van der Waals surface area contributed by atoms with Crippen LogP contribution < -0.4 is 10.9 Å². The smallest absolute Gasteiger partial charge is 0.403 e. The zero-order valence-corrected chi connectivity index (χ0v) is 11.8. The van der Waals surface area contributed by atoms with Gasteiger partial charge in [-0.15, -0.1) is 0 Å². The van der Waals surface area contributed by atoms with Crippen LogP contribution in [0.15, 0.2) is 12.1 Å². The minimum atomic E-state index is -4.87. The van der Waals surface area contributed by atoms with E-state index in [1.165, 1.54) is 12.1 Å². The van der Waals surface area contributed by atoms with Crippen LogP contribution in [0.1, 0.15) is 0 Å². The Labute approximate surface area is 126 Å². The Balaban J connectivity index is 2.71. The van der Waals surface area contributed by atoms with Gasteiger partial charge in [-0.1, -0.05) is 34.8 Å². The summed E-state index contributed by atoms with van der Waals surface area (Å²) in [7, 11) is 0. The average molecular weight is 352 g/mol. The fourth-order valence-electron chi connectivity index (χ4n) is 1.25. The van der Waals surface area contributed by atoms with Gasteiger partial charge in [-0.05, 0) is 12.1 Å². The number of rotatable bonds is 5. The Morgan fingerprint density at radius 2 is 1.75 bits per heavy atom. The number of carboxylic acids is 1. The Hall–Kier alpha value is -0.890. The third-order valence-corrected chi connectivity index (χ3v) is 3.03. The molecule has 0 bridgehead atoms. The summed E-state index contributed by atoms with van der Waals surface area (Å²) in [5, 5.41) is 8.90. The number of carboxylic acid groups (broad SMARTS) is 1. The number of nitrogens with one attached hydrogen (secondary N) is 2. The second-order valence-corrected chi connectivity index (χ2v) is 4.93. The lowest BCUT2D eigenvalue weighted by Gasteiger charge is -2.18. The highest BCUT2D eigenvalue weighted by molar-refractivity contribution is 6.41. The molecular formula is C10H8Cl3F3N2O2. The predicted octanol–water partition coefficient (Wildman–Crippen LogP) is 3.83. The fraction of sp³-hybridized carbons (Fsp3) is 0.300. The Bertz CT molecular complexity index is 488. The number of hydrogen-bond donors (Lipinski definition) is 3. The summed E-state index contributed by atoms with van der Waals surface area (Å²) < 4.78 is 37.2. The average Bonchev–Trinajstić information content (AvgIpc) is 2.24. The maximum absolute atomic E-state index is 12.4. The van der Waals surface area contributed by atoms with Crippen LogP contribution in [0, 0.1) is 5.92 Å². The summed E-state index contributed by atoms with van der Waals surface area (Å²) in [6, 6.07) is 2.66. The lowest BCUT2D eigenvalue weighted by molar-refractivity contribution is -0.192. The monoisotopic (exact) mass is 350 g/mol. The van der Waals surface area contributed by atoms with Gasteiger partial charge in [0.05, 0.1) is 15.7 Å². The van der Waals surface area contributed by atoms with Crippen molar-refractivity contribution >= 4 is 46.5 Å². The van der Waals surface area contributed by atoms with Crippen LogP contribution in [0.25, 0.3) is 0 Å². The summed E-state index contributed by atoms with van der Waals surface area (Å²) >= 11 is 17.2. The number of hydrazine groups is 1. The van der Waals surface area contributed by atoms with E-state index in [4.69, 9.17) is 39.9 Å². The van der Waals surface area contributed by atoms with Gasteiger partial charge in [-0.3, -0.25) is 4.79 Å². The van der Waals surface area contributed by atoms with Crippen LogP contribution >= 0.6 is 34.8 Å². The molecule has 0 spiro atoms. The van der Waals surface area contributed by atoms with Gasteiger partial charge in [0.15, 0.2) is 5.92 Å². The van der Waals surface area contributed by atoms with Gasteiger partial charge in [0, 0.05) is 11.6 Å². The SMILES string of the molecule is O=C(O)C(CNNc1c(Cl)cc(Cl)cc1Cl)C(F)(F)F. The molecule has 1 atom stereocenters. The molecule has 1 aromatic carbocycles. The van der Waals surface area contributed by atoms with Gasteiger partial charge in [-0.25, -0.2) is 5.43 Å². The molecule has 0 aliphatic rings. The number of anilines is 1. The molecule has 0 heterocycles. The van der Waals surface area contributed by atoms with Gasteiger partial charge >= 0.3 is 12.1 Å². The van der Waals surface area contributed by atoms with Gasteiger partial charge in [0.1, 0.15) is 0 Å². The van der Waals surface area contributed by atoms with E-state index in [2.05, 4.69) is 10.9 Å². The molecule has 1 rings (SSSR count). The second-order valence-electron chi connectivity index (χ2n) is 3.68. The number of alkyl halides is 3. The molecule has 20 heavy (non-hydrogen) atoms. The van der Waals surface area contributed by atoms with Crippen molar-refractivity contribution in [2.45, 2.75) is 6.18 Å². The molecule has 0 saturated carbocycles. The largest absolute Gasteiger partial charge is 0.481 e. The van der Waals surface area contributed by atoms with Crippen molar-refractivity contribution < 1.29 is 23.1 Å². The van der Waals surface area contributed by atoms with E-state index in [9.17, 15) is 18.0 Å². The molecular weight excluding hydrogens is 343 g/mol. The third kappa shape index (κ3) is 4.59. The fourth-order valence-corrected chi connectivity index (χ4v) is 2.16. The molecule has 0 radical (unpaired) electrons. The minimum Gasteiger partial charge on any atom is -0.481 e. The first-order chi connectivity index (χ1) is 9.12. The predicted molar refractivity (Wildman–Crippen MR) is 70.3 cm³/mol. The minimum absolute atomic E-state index is 0.0777. The standard InChI is InChI=1S/C10H8Cl3F3N2O2/c11-4-1-6(12)8(7(13)2-4)18-17-3-5(9(19)20)10(14,15)16/h1-2,5,17-18H,3H2,(H,19,20). The maximum Gasteiger partial charge on any atom is 0.403 e. The van der Waals surface area contributed by atoms with E-state index in [-0.39, 0.29) is 20.8 Å². The summed E-state index contributed by atoms with van der Waals surface area (Å²) in [5.74, 6) is -4.54. The number of benzene rings is 1. The normalized spacial score (nSPS) is 13.1. The molecule has 0 fully saturated rings. The molecule has 1 unspecified atom stereocenters. The Morgan fingerprint density at radius 1 is 1.25 bits per heavy atom.